The molecule has 1 amide bonds. The maximum absolute atomic E-state index is 11.9. The van der Waals surface area contributed by atoms with Crippen LogP contribution >= 0.6 is 0 Å². The molecule has 0 aliphatic rings. The van der Waals surface area contributed by atoms with Crippen LogP contribution in [0.4, 0.5) is 5.69 Å². The molecule has 5 heteroatoms. The van der Waals surface area contributed by atoms with Crippen molar-refractivity contribution in [2.24, 2.45) is 0 Å². The summed E-state index contributed by atoms with van der Waals surface area (Å²) >= 11 is 0. The lowest BCUT2D eigenvalue weighted by atomic mass is 10.1. The van der Waals surface area contributed by atoms with Crippen LogP contribution in [0, 0.1) is 0 Å². The lowest BCUT2D eigenvalue weighted by Gasteiger charge is -2.07. The molecule has 19 heavy (non-hydrogen) atoms. The van der Waals surface area contributed by atoms with Crippen molar-refractivity contribution in [1.29, 1.82) is 0 Å². The fourth-order valence-corrected chi connectivity index (χ4v) is 1.62. The number of rotatable bonds is 3. The topological polar surface area (TPSA) is 82.2 Å². The summed E-state index contributed by atoms with van der Waals surface area (Å²) in [5.74, 6) is -0.387. The van der Waals surface area contributed by atoms with Gasteiger partial charge >= 0.3 is 0 Å². The van der Waals surface area contributed by atoms with Gasteiger partial charge in [-0.05, 0) is 30.7 Å². The van der Waals surface area contributed by atoms with Crippen molar-refractivity contribution in [3.05, 3.63) is 64.1 Å². The number of carbonyl (C=O) groups is 1. The number of nitrogens with one attached hydrogen (secondary N) is 2. The van der Waals surface area contributed by atoms with Gasteiger partial charge in [0.1, 0.15) is 5.69 Å². The van der Waals surface area contributed by atoms with Crippen LogP contribution in [-0.4, -0.2) is 16.0 Å². The third-order valence-electron chi connectivity index (χ3n) is 2.66. The molecule has 3 N–H and O–H groups in total. The van der Waals surface area contributed by atoms with Crippen molar-refractivity contribution in [1.82, 2.24) is 4.98 Å². The average molecular weight is 258 g/mol. The van der Waals surface area contributed by atoms with Gasteiger partial charge in [-0.25, -0.2) is 0 Å². The molecule has 2 aromatic rings. The number of aromatic nitrogens is 1. The molecule has 5 nitrogen and oxygen atoms in total. The Morgan fingerprint density at radius 1 is 1.21 bits per heavy atom. The fraction of sp³-hybridized carbons (Fsp3) is 0.143. The molecule has 0 aliphatic carbocycles. The predicted molar refractivity (Wildman–Crippen MR) is 72.1 cm³/mol. The highest BCUT2D eigenvalue weighted by Crippen LogP contribution is 2.15. The van der Waals surface area contributed by atoms with E-state index < -0.39 is 6.10 Å². The van der Waals surface area contributed by atoms with Gasteiger partial charge in [-0.3, -0.25) is 9.59 Å². The molecule has 0 aliphatic heterocycles. The largest absolute Gasteiger partial charge is 0.389 e. The second-order valence-corrected chi connectivity index (χ2v) is 4.18. The maximum Gasteiger partial charge on any atom is 0.272 e. The Bertz CT molecular complexity index is 630. The quantitative estimate of drug-likeness (QED) is 0.783. The molecule has 0 fully saturated rings. The van der Waals surface area contributed by atoms with E-state index in [9.17, 15) is 14.7 Å². The molecule has 0 saturated heterocycles. The lowest BCUT2D eigenvalue weighted by Crippen LogP contribution is -2.17. The molecule has 1 aromatic heterocycles. The van der Waals surface area contributed by atoms with Gasteiger partial charge in [0, 0.05) is 11.8 Å². The van der Waals surface area contributed by atoms with Crippen LogP contribution in [0.1, 0.15) is 29.1 Å². The highest BCUT2D eigenvalue weighted by atomic mass is 16.3. The van der Waals surface area contributed by atoms with Gasteiger partial charge in [-0.15, -0.1) is 0 Å². The first-order chi connectivity index (χ1) is 9.06. The summed E-state index contributed by atoms with van der Waals surface area (Å²) in [6.45, 7) is 1.67. The Labute approximate surface area is 109 Å². The van der Waals surface area contributed by atoms with E-state index in [1.165, 1.54) is 18.2 Å². The van der Waals surface area contributed by atoms with Crippen LogP contribution in [-0.2, 0) is 0 Å². The van der Waals surface area contributed by atoms with Crippen molar-refractivity contribution in [2.45, 2.75) is 13.0 Å². The van der Waals surface area contributed by atoms with Crippen LogP contribution in [0.15, 0.2) is 47.3 Å². The van der Waals surface area contributed by atoms with E-state index >= 15 is 0 Å². The number of aliphatic hydroxyl groups excluding tert-OH is 1. The third kappa shape index (κ3) is 3.29. The zero-order valence-corrected chi connectivity index (χ0v) is 10.4. The van der Waals surface area contributed by atoms with Gasteiger partial charge in [-0.2, -0.15) is 0 Å². The van der Waals surface area contributed by atoms with E-state index in [1.54, 1.807) is 31.2 Å². The Morgan fingerprint density at radius 2 is 1.89 bits per heavy atom. The zero-order chi connectivity index (χ0) is 13.8. The predicted octanol–water partition coefficient (Wildman–Crippen LogP) is 1.68. The first kappa shape index (κ1) is 13.0. The van der Waals surface area contributed by atoms with Crippen molar-refractivity contribution in [3.8, 4) is 0 Å². The van der Waals surface area contributed by atoms with E-state index in [-0.39, 0.29) is 17.2 Å². The van der Waals surface area contributed by atoms with Gasteiger partial charge in [-0.1, -0.05) is 18.2 Å². The number of H-pyrrole nitrogens is 1. The summed E-state index contributed by atoms with van der Waals surface area (Å²) in [6, 6.07) is 11.2. The van der Waals surface area contributed by atoms with Crippen molar-refractivity contribution in [2.75, 3.05) is 5.32 Å². The summed E-state index contributed by atoms with van der Waals surface area (Å²) in [7, 11) is 0. The fourth-order valence-electron chi connectivity index (χ4n) is 1.62. The molecule has 0 bridgehead atoms. The number of carbonyl (C=O) groups excluding carboxylic acids is 1. The smallest absolute Gasteiger partial charge is 0.272 e. The number of aliphatic hydroxyl groups is 1. The molecular weight excluding hydrogens is 244 g/mol. The standard InChI is InChI=1S/C14H14N2O3/c1-9(17)10-5-7-11(8-6-10)15-14(19)12-3-2-4-13(18)16-12/h2-9,17H,1H3,(H,15,19)(H,16,18). The molecular formula is C14H14N2O3. The number of benzene rings is 1. The third-order valence-corrected chi connectivity index (χ3v) is 2.66. The number of hydrogen-bond donors (Lipinski definition) is 3. The zero-order valence-electron chi connectivity index (χ0n) is 10.4. The molecule has 1 unspecified atom stereocenters. The monoisotopic (exact) mass is 258 g/mol. The van der Waals surface area contributed by atoms with Crippen molar-refractivity contribution in [3.63, 3.8) is 0 Å². The van der Waals surface area contributed by atoms with E-state index in [2.05, 4.69) is 10.3 Å². The number of pyridine rings is 1. The first-order valence-corrected chi connectivity index (χ1v) is 5.85. The second kappa shape index (κ2) is 5.49. The van der Waals surface area contributed by atoms with Gasteiger partial charge < -0.3 is 15.4 Å². The van der Waals surface area contributed by atoms with E-state index in [1.807, 2.05) is 0 Å². The minimum absolute atomic E-state index is 0.201. The summed E-state index contributed by atoms with van der Waals surface area (Å²) < 4.78 is 0. The van der Waals surface area contributed by atoms with Gasteiger partial charge in [0.2, 0.25) is 5.56 Å². The van der Waals surface area contributed by atoms with Crippen molar-refractivity contribution >= 4 is 11.6 Å². The van der Waals surface area contributed by atoms with Crippen molar-refractivity contribution < 1.29 is 9.90 Å². The Balaban J connectivity index is 2.13. The van der Waals surface area contributed by atoms with E-state index in [0.29, 0.717) is 5.69 Å². The van der Waals surface area contributed by atoms with Crippen LogP contribution in [0.2, 0.25) is 0 Å². The number of hydrogen-bond acceptors (Lipinski definition) is 3. The van der Waals surface area contributed by atoms with Crippen LogP contribution in [0.25, 0.3) is 0 Å². The highest BCUT2D eigenvalue weighted by molar-refractivity contribution is 6.02. The first-order valence-electron chi connectivity index (χ1n) is 5.85. The molecule has 0 radical (unpaired) electrons. The Morgan fingerprint density at radius 3 is 2.47 bits per heavy atom. The molecule has 1 atom stereocenters. The molecule has 0 saturated carbocycles. The second-order valence-electron chi connectivity index (χ2n) is 4.18. The number of amides is 1. The van der Waals surface area contributed by atoms with Crippen LogP contribution in [0.3, 0.4) is 0 Å². The van der Waals surface area contributed by atoms with E-state index in [4.69, 9.17) is 0 Å². The van der Waals surface area contributed by atoms with E-state index in [0.717, 1.165) is 5.56 Å². The molecule has 1 aromatic carbocycles. The maximum atomic E-state index is 11.9. The van der Waals surface area contributed by atoms with Gasteiger partial charge in [0.25, 0.3) is 5.91 Å². The number of aromatic amines is 1. The summed E-state index contributed by atoms with van der Waals surface area (Å²) in [5.41, 5.74) is 1.24. The van der Waals surface area contributed by atoms with Crippen LogP contribution < -0.4 is 10.9 Å². The molecule has 1 heterocycles. The average Bonchev–Trinajstić information content (AvgIpc) is 2.39. The van der Waals surface area contributed by atoms with Gasteiger partial charge in [0.05, 0.1) is 6.10 Å². The number of anilines is 1. The summed E-state index contributed by atoms with van der Waals surface area (Å²) in [5, 5.41) is 12.0. The minimum atomic E-state index is -0.546. The molecule has 98 valence electrons. The van der Waals surface area contributed by atoms with Crippen LogP contribution in [0.5, 0.6) is 0 Å². The molecule has 2 rings (SSSR count). The SMILES string of the molecule is CC(O)c1ccc(NC(=O)c2cccc(=O)[nH]2)cc1. The Kier molecular flexibility index (Phi) is 3.77. The summed E-state index contributed by atoms with van der Waals surface area (Å²) in [6.07, 6.45) is -0.546. The molecule has 0 spiro atoms. The Hall–Kier alpha value is -2.40. The van der Waals surface area contributed by atoms with Gasteiger partial charge in [0.15, 0.2) is 0 Å². The normalized spacial score (nSPS) is 11.9. The highest BCUT2D eigenvalue weighted by Gasteiger charge is 2.07. The summed E-state index contributed by atoms with van der Waals surface area (Å²) in [4.78, 5) is 25.4. The lowest BCUT2D eigenvalue weighted by molar-refractivity contribution is 0.102. The minimum Gasteiger partial charge on any atom is -0.389 e.